The maximum Gasteiger partial charge on any atom is 0.131 e. The summed E-state index contributed by atoms with van der Waals surface area (Å²) in [6, 6.07) is 14.3. The van der Waals surface area contributed by atoms with Crippen molar-refractivity contribution in [1.82, 2.24) is 19.9 Å². The molecule has 344 valence electrons. The molecule has 2 heterocycles. The fraction of sp³-hybridized carbons (Fsp3) is 0.655. The fourth-order valence-electron chi connectivity index (χ4n) is 10.5. The zero-order chi connectivity index (χ0) is 43.9. The summed E-state index contributed by atoms with van der Waals surface area (Å²) >= 11 is 0. The highest BCUT2D eigenvalue weighted by atomic mass is 16.5. The number of rotatable bonds is 28. The first-order valence-electron chi connectivity index (χ1n) is 26.6. The number of aryl methyl sites for hydroxylation is 4. The quantitative estimate of drug-likeness (QED) is 0.0533. The van der Waals surface area contributed by atoms with Gasteiger partial charge < -0.3 is 4.74 Å². The first-order chi connectivity index (χ1) is 31.0. The summed E-state index contributed by atoms with van der Waals surface area (Å²) in [4.78, 5) is 19.6. The van der Waals surface area contributed by atoms with Gasteiger partial charge in [0, 0.05) is 36.6 Å². The lowest BCUT2D eigenvalue weighted by molar-refractivity contribution is 0.312. The highest BCUT2D eigenvalue weighted by molar-refractivity contribution is 5.45. The lowest BCUT2D eigenvalue weighted by Crippen LogP contribution is -2.18. The Morgan fingerprint density at radius 1 is 0.397 bits per heavy atom. The van der Waals surface area contributed by atoms with Gasteiger partial charge in [0.25, 0.3) is 0 Å². The van der Waals surface area contributed by atoms with Crippen LogP contribution in [0.3, 0.4) is 0 Å². The predicted octanol–water partition coefficient (Wildman–Crippen LogP) is 16.6. The van der Waals surface area contributed by atoms with Gasteiger partial charge >= 0.3 is 0 Å². The second-order valence-electron chi connectivity index (χ2n) is 20.0. The molecule has 0 saturated heterocycles. The number of nitrogens with zero attached hydrogens (tertiary/aromatic N) is 4. The molecule has 0 atom stereocenters. The Labute approximate surface area is 384 Å². The first-order valence-corrected chi connectivity index (χ1v) is 26.6. The maximum absolute atomic E-state index is 7.14. The van der Waals surface area contributed by atoms with Gasteiger partial charge in [0.1, 0.15) is 23.1 Å². The van der Waals surface area contributed by atoms with Gasteiger partial charge in [0.05, 0.1) is 0 Å². The molecule has 0 unspecified atom stereocenters. The molecule has 2 aromatic carbocycles. The summed E-state index contributed by atoms with van der Waals surface area (Å²) in [5, 5.41) is 0. The van der Waals surface area contributed by atoms with Crippen LogP contribution in [0.1, 0.15) is 239 Å². The summed E-state index contributed by atoms with van der Waals surface area (Å²) in [6.07, 6.45) is 45.4. The van der Waals surface area contributed by atoms with E-state index in [-0.39, 0.29) is 0 Å². The monoisotopic (exact) mass is 855 g/mol. The third-order valence-electron chi connectivity index (χ3n) is 14.6. The van der Waals surface area contributed by atoms with Crippen LogP contribution in [0.5, 0.6) is 11.5 Å². The average Bonchev–Trinajstić information content (AvgIpc) is 3.31. The molecule has 2 aromatic heterocycles. The molecular weight excluding hydrogens is 769 g/mol. The van der Waals surface area contributed by atoms with E-state index in [2.05, 4.69) is 88.9 Å². The van der Waals surface area contributed by atoms with E-state index >= 15 is 0 Å². The normalized spacial score (nSPS) is 19.0. The summed E-state index contributed by atoms with van der Waals surface area (Å²) in [7, 11) is 0. The Balaban J connectivity index is 1.09. The van der Waals surface area contributed by atoms with Crippen LogP contribution in [0.25, 0.3) is 0 Å². The van der Waals surface area contributed by atoms with E-state index in [0.29, 0.717) is 23.7 Å². The minimum Gasteiger partial charge on any atom is -0.457 e. The van der Waals surface area contributed by atoms with Gasteiger partial charge in [-0.25, -0.2) is 19.9 Å². The summed E-state index contributed by atoms with van der Waals surface area (Å²) in [5.74, 6) is 6.53. The standard InChI is InChI=1S/C58H86N4O/c1-5-9-13-15-19-23-49-41-59-57(60-42-49)51-31-25-47(26-32-51)39-53-37-45(21-17-11-7-3)29-35-55(53)63-56-36-30-46(22-18-12-8-4)38-54(56)40-48-27-33-52(34-28-48)58-61-43-50(44-62-58)24-20-16-14-10-6-2/h29-30,35-38,41-44,47-48,51-52H,5-28,31-34,39-40H2,1-4H3/t47-,48-,51-,52-. The van der Waals surface area contributed by atoms with Crippen molar-refractivity contribution in [2.45, 2.75) is 232 Å². The Bertz CT molecular complexity index is 1700. The predicted molar refractivity (Wildman–Crippen MR) is 265 cm³/mol. The van der Waals surface area contributed by atoms with Gasteiger partial charge in [-0.05, 0) is 173 Å². The molecule has 2 saturated carbocycles. The van der Waals surface area contributed by atoms with Crippen molar-refractivity contribution in [2.24, 2.45) is 11.8 Å². The minimum absolute atomic E-state index is 0.479. The molecule has 4 aromatic rings. The molecule has 0 N–H and O–H groups in total. The van der Waals surface area contributed by atoms with Crippen molar-refractivity contribution in [2.75, 3.05) is 0 Å². The van der Waals surface area contributed by atoms with Crippen molar-refractivity contribution in [3.8, 4) is 11.5 Å². The number of unbranched alkanes of at least 4 members (excludes halogenated alkanes) is 12. The van der Waals surface area contributed by atoms with Crippen LogP contribution in [-0.2, 0) is 38.5 Å². The van der Waals surface area contributed by atoms with Crippen molar-refractivity contribution in [3.05, 3.63) is 106 Å². The molecule has 2 aliphatic carbocycles. The molecule has 0 aliphatic heterocycles. The van der Waals surface area contributed by atoms with Gasteiger partial charge in [-0.2, -0.15) is 0 Å². The summed E-state index contributed by atoms with van der Waals surface area (Å²) in [6.45, 7) is 9.16. The van der Waals surface area contributed by atoms with Gasteiger partial charge in [-0.3, -0.25) is 0 Å². The zero-order valence-corrected chi connectivity index (χ0v) is 40.5. The van der Waals surface area contributed by atoms with Crippen molar-refractivity contribution >= 4 is 0 Å². The third-order valence-corrected chi connectivity index (χ3v) is 14.6. The number of hydrogen-bond donors (Lipinski definition) is 0. The Morgan fingerprint density at radius 2 is 0.730 bits per heavy atom. The van der Waals surface area contributed by atoms with E-state index in [0.717, 1.165) is 61.7 Å². The average molecular weight is 855 g/mol. The van der Waals surface area contributed by atoms with Crippen molar-refractivity contribution < 1.29 is 4.74 Å². The van der Waals surface area contributed by atoms with Crippen LogP contribution >= 0.6 is 0 Å². The highest BCUT2D eigenvalue weighted by Crippen LogP contribution is 2.41. The molecule has 0 spiro atoms. The Morgan fingerprint density at radius 3 is 1.11 bits per heavy atom. The summed E-state index contributed by atoms with van der Waals surface area (Å²) in [5.41, 5.74) is 8.31. The Kier molecular flexibility index (Phi) is 21.4. The van der Waals surface area contributed by atoms with Gasteiger partial charge in [-0.1, -0.05) is 129 Å². The van der Waals surface area contributed by atoms with E-state index in [1.54, 1.807) is 0 Å². The SMILES string of the molecule is CCCCCCCc1cnc([C@H]2CC[C@H](Cc3cc(CCCCC)ccc3Oc3ccc(CCCCC)cc3C[C@H]3CC[C@H](c4ncc(CCCCCCC)cn4)CC3)CC2)nc1. The van der Waals surface area contributed by atoms with Crippen LogP contribution in [0.15, 0.2) is 61.2 Å². The summed E-state index contributed by atoms with van der Waals surface area (Å²) < 4.78 is 7.14. The van der Waals surface area contributed by atoms with Gasteiger partial charge in [0.2, 0.25) is 0 Å². The molecule has 63 heavy (non-hydrogen) atoms. The molecule has 2 aliphatic rings. The Hall–Kier alpha value is -3.60. The second kappa shape index (κ2) is 27.7. The van der Waals surface area contributed by atoms with E-state index < -0.39 is 0 Å². The number of benzene rings is 2. The third kappa shape index (κ3) is 16.4. The van der Waals surface area contributed by atoms with E-state index in [1.807, 2.05) is 0 Å². The van der Waals surface area contributed by atoms with Crippen LogP contribution < -0.4 is 4.74 Å². The van der Waals surface area contributed by atoms with Crippen molar-refractivity contribution in [3.63, 3.8) is 0 Å². The smallest absolute Gasteiger partial charge is 0.131 e. The van der Waals surface area contributed by atoms with Crippen LogP contribution in [0.4, 0.5) is 0 Å². The molecule has 2 fully saturated rings. The molecule has 0 radical (unpaired) electrons. The molecule has 0 amide bonds. The van der Waals surface area contributed by atoms with E-state index in [9.17, 15) is 0 Å². The van der Waals surface area contributed by atoms with Crippen LogP contribution in [0, 0.1) is 11.8 Å². The van der Waals surface area contributed by atoms with Gasteiger partial charge in [0.15, 0.2) is 0 Å². The number of hydrogen-bond acceptors (Lipinski definition) is 5. The number of ether oxygens (including phenoxy) is 1. The molecule has 5 nitrogen and oxygen atoms in total. The fourth-order valence-corrected chi connectivity index (χ4v) is 10.5. The molecule has 6 rings (SSSR count). The number of aromatic nitrogens is 4. The highest BCUT2D eigenvalue weighted by Gasteiger charge is 2.27. The van der Waals surface area contributed by atoms with E-state index in [1.165, 1.54) is 187 Å². The second-order valence-corrected chi connectivity index (χ2v) is 20.0. The topological polar surface area (TPSA) is 60.8 Å². The molecule has 0 bridgehead atoms. The maximum atomic E-state index is 7.14. The van der Waals surface area contributed by atoms with Crippen LogP contribution in [0.2, 0.25) is 0 Å². The lowest BCUT2D eigenvalue weighted by atomic mass is 9.78. The van der Waals surface area contributed by atoms with Crippen LogP contribution in [-0.4, -0.2) is 19.9 Å². The largest absolute Gasteiger partial charge is 0.457 e. The minimum atomic E-state index is 0.479. The lowest BCUT2D eigenvalue weighted by Gasteiger charge is -2.29. The molecule has 5 heteroatoms. The molecular formula is C58H86N4O. The first kappa shape index (κ1) is 48.8. The van der Waals surface area contributed by atoms with Crippen molar-refractivity contribution in [1.29, 1.82) is 0 Å². The zero-order valence-electron chi connectivity index (χ0n) is 40.5. The van der Waals surface area contributed by atoms with E-state index in [4.69, 9.17) is 24.7 Å². The van der Waals surface area contributed by atoms with Gasteiger partial charge in [-0.15, -0.1) is 0 Å².